The second kappa shape index (κ2) is 3.13. The van der Waals surface area contributed by atoms with Crippen molar-refractivity contribution >= 4 is 6.29 Å². The van der Waals surface area contributed by atoms with E-state index in [4.69, 9.17) is 5.11 Å². The maximum Gasteiger partial charge on any atom is 0.184 e. The summed E-state index contributed by atoms with van der Waals surface area (Å²) < 4.78 is 0. The molecule has 2 heteroatoms. The molecular formula is C8H7O2. The zero-order chi connectivity index (χ0) is 7.40. The highest BCUT2D eigenvalue weighted by Crippen LogP contribution is 2.06. The van der Waals surface area contributed by atoms with E-state index in [9.17, 15) is 4.79 Å². The average molecular weight is 135 g/mol. The van der Waals surface area contributed by atoms with Gasteiger partial charge in [0, 0.05) is 0 Å². The van der Waals surface area contributed by atoms with Crippen molar-refractivity contribution in [3.8, 4) is 0 Å². The summed E-state index contributed by atoms with van der Waals surface area (Å²) in [4.78, 5) is 10.0. The lowest BCUT2D eigenvalue weighted by atomic mass is 10.1. The van der Waals surface area contributed by atoms with Gasteiger partial charge in [0.25, 0.3) is 0 Å². The highest BCUT2D eigenvalue weighted by atomic mass is 16.3. The van der Waals surface area contributed by atoms with Crippen molar-refractivity contribution in [2.75, 3.05) is 0 Å². The third-order valence-corrected chi connectivity index (χ3v) is 1.18. The lowest BCUT2D eigenvalue weighted by Crippen LogP contribution is -1.97. The standard InChI is InChI=1S/C8H7O2/c9-6-8(10)7-4-2-1-3-5-7/h1-6,10H. The Morgan fingerprint density at radius 1 is 1.30 bits per heavy atom. The summed E-state index contributed by atoms with van der Waals surface area (Å²) in [7, 11) is 0. The van der Waals surface area contributed by atoms with Crippen LogP contribution in [0.3, 0.4) is 0 Å². The molecule has 10 heavy (non-hydrogen) atoms. The Morgan fingerprint density at radius 3 is 2.40 bits per heavy atom. The Kier molecular flexibility index (Phi) is 2.18. The number of aldehydes is 1. The lowest BCUT2D eigenvalue weighted by Gasteiger charge is -1.98. The van der Waals surface area contributed by atoms with Crippen LogP contribution in [0.5, 0.6) is 0 Å². The van der Waals surface area contributed by atoms with Gasteiger partial charge in [0.05, 0.1) is 0 Å². The molecule has 1 aromatic carbocycles. The van der Waals surface area contributed by atoms with Gasteiger partial charge in [-0.2, -0.15) is 0 Å². The SMILES string of the molecule is O=C[C](O)c1ccccc1. The largest absolute Gasteiger partial charge is 0.374 e. The first kappa shape index (κ1) is 6.96. The van der Waals surface area contributed by atoms with Crippen LogP contribution in [0.15, 0.2) is 30.3 Å². The van der Waals surface area contributed by atoms with Gasteiger partial charge in [-0.05, 0) is 5.56 Å². The van der Waals surface area contributed by atoms with E-state index in [-0.39, 0.29) is 6.10 Å². The van der Waals surface area contributed by atoms with Crippen LogP contribution in [-0.4, -0.2) is 11.4 Å². The van der Waals surface area contributed by atoms with Gasteiger partial charge in [0.2, 0.25) is 0 Å². The Morgan fingerprint density at radius 2 is 1.90 bits per heavy atom. The smallest absolute Gasteiger partial charge is 0.184 e. The molecule has 0 saturated heterocycles. The fourth-order valence-corrected chi connectivity index (χ4v) is 0.677. The molecule has 0 unspecified atom stereocenters. The summed E-state index contributed by atoms with van der Waals surface area (Å²) in [6.07, 6.45) is 0.204. The van der Waals surface area contributed by atoms with Crippen molar-refractivity contribution in [2.45, 2.75) is 0 Å². The highest BCUT2D eigenvalue weighted by molar-refractivity contribution is 5.72. The van der Waals surface area contributed by atoms with Crippen LogP contribution in [0.4, 0.5) is 0 Å². The number of aliphatic hydroxyl groups excluding tert-OH is 1. The predicted molar refractivity (Wildman–Crippen MR) is 36.8 cm³/mol. The van der Waals surface area contributed by atoms with E-state index >= 15 is 0 Å². The first-order chi connectivity index (χ1) is 4.84. The zero-order valence-electron chi connectivity index (χ0n) is 5.32. The van der Waals surface area contributed by atoms with E-state index in [0.717, 1.165) is 0 Å². The number of hydrogen-bond acceptors (Lipinski definition) is 2. The second-order valence-corrected chi connectivity index (χ2v) is 1.87. The molecule has 51 valence electrons. The van der Waals surface area contributed by atoms with Gasteiger partial charge >= 0.3 is 0 Å². The van der Waals surface area contributed by atoms with Crippen LogP contribution in [-0.2, 0) is 4.79 Å². The van der Waals surface area contributed by atoms with Crippen molar-refractivity contribution in [2.24, 2.45) is 0 Å². The molecule has 0 fully saturated rings. The van der Waals surface area contributed by atoms with Crippen LogP contribution in [0, 0.1) is 6.10 Å². The summed E-state index contributed by atoms with van der Waals surface area (Å²) in [6, 6.07) is 8.68. The number of hydrogen-bond donors (Lipinski definition) is 1. The van der Waals surface area contributed by atoms with Crippen LogP contribution in [0.2, 0.25) is 0 Å². The molecule has 1 aromatic rings. The minimum Gasteiger partial charge on any atom is -0.374 e. The molecule has 0 heterocycles. The molecule has 0 amide bonds. The topological polar surface area (TPSA) is 37.3 Å². The van der Waals surface area contributed by atoms with Crippen LogP contribution in [0.25, 0.3) is 0 Å². The molecule has 2 nitrogen and oxygen atoms in total. The van der Waals surface area contributed by atoms with Gasteiger partial charge in [-0.3, -0.25) is 4.79 Å². The molecule has 1 radical (unpaired) electrons. The zero-order valence-corrected chi connectivity index (χ0v) is 5.32. The molecule has 1 rings (SSSR count). The molecular weight excluding hydrogens is 128 g/mol. The fourth-order valence-electron chi connectivity index (χ4n) is 0.677. The van der Waals surface area contributed by atoms with Gasteiger partial charge in [-0.25, -0.2) is 0 Å². The Hall–Kier alpha value is -1.15. The number of aliphatic hydroxyl groups is 1. The van der Waals surface area contributed by atoms with E-state index in [1.165, 1.54) is 0 Å². The van der Waals surface area contributed by atoms with E-state index in [1.54, 1.807) is 24.3 Å². The first-order valence-corrected chi connectivity index (χ1v) is 2.91. The molecule has 0 aliphatic heterocycles. The van der Waals surface area contributed by atoms with Crippen molar-refractivity contribution in [3.05, 3.63) is 42.0 Å². The second-order valence-electron chi connectivity index (χ2n) is 1.87. The molecule has 1 N–H and O–H groups in total. The predicted octanol–water partition coefficient (Wildman–Crippen LogP) is 1.14. The van der Waals surface area contributed by atoms with Crippen molar-refractivity contribution in [1.82, 2.24) is 0 Å². The fraction of sp³-hybridized carbons (Fsp3) is 0. The summed E-state index contributed by atoms with van der Waals surface area (Å²) in [5.41, 5.74) is 0.553. The van der Waals surface area contributed by atoms with Gasteiger partial charge in [0.15, 0.2) is 12.4 Å². The van der Waals surface area contributed by atoms with Crippen molar-refractivity contribution in [3.63, 3.8) is 0 Å². The molecule has 0 aliphatic carbocycles. The average Bonchev–Trinajstić information content (AvgIpc) is 2.05. The third-order valence-electron chi connectivity index (χ3n) is 1.18. The molecule has 0 aliphatic rings. The number of carbonyl (C=O) groups is 1. The first-order valence-electron chi connectivity index (χ1n) is 2.91. The molecule has 0 spiro atoms. The summed E-state index contributed by atoms with van der Waals surface area (Å²) >= 11 is 0. The Bertz CT molecular complexity index is 206. The molecule has 0 atom stereocenters. The monoisotopic (exact) mass is 135 g/mol. The molecule has 0 aromatic heterocycles. The quantitative estimate of drug-likeness (QED) is 0.617. The minimum absolute atomic E-state index is 0.222. The van der Waals surface area contributed by atoms with Gasteiger partial charge in [-0.15, -0.1) is 0 Å². The van der Waals surface area contributed by atoms with Crippen LogP contribution < -0.4 is 0 Å². The van der Waals surface area contributed by atoms with E-state index in [2.05, 4.69) is 0 Å². The van der Waals surface area contributed by atoms with Gasteiger partial charge < -0.3 is 5.11 Å². The maximum absolute atomic E-state index is 10.0. The third kappa shape index (κ3) is 1.42. The van der Waals surface area contributed by atoms with Gasteiger partial charge in [-0.1, -0.05) is 30.3 Å². The van der Waals surface area contributed by atoms with E-state index < -0.39 is 0 Å². The lowest BCUT2D eigenvalue weighted by molar-refractivity contribution is -0.109. The maximum atomic E-state index is 10.0. The summed E-state index contributed by atoms with van der Waals surface area (Å²) in [5, 5.41) is 8.88. The highest BCUT2D eigenvalue weighted by Gasteiger charge is 2.03. The van der Waals surface area contributed by atoms with Crippen molar-refractivity contribution < 1.29 is 9.90 Å². The van der Waals surface area contributed by atoms with E-state index in [0.29, 0.717) is 11.8 Å². The number of benzene rings is 1. The summed E-state index contributed by atoms with van der Waals surface area (Å²) in [5.74, 6) is 0. The van der Waals surface area contributed by atoms with Crippen LogP contribution >= 0.6 is 0 Å². The number of rotatable bonds is 2. The summed E-state index contributed by atoms with van der Waals surface area (Å²) in [6.45, 7) is 0. The molecule has 0 saturated carbocycles. The van der Waals surface area contributed by atoms with Crippen molar-refractivity contribution in [1.29, 1.82) is 0 Å². The van der Waals surface area contributed by atoms with Crippen LogP contribution in [0.1, 0.15) is 5.56 Å². The minimum atomic E-state index is -0.222. The Balaban J connectivity index is 2.84. The van der Waals surface area contributed by atoms with E-state index in [1.807, 2.05) is 6.07 Å². The normalized spacial score (nSPS) is 9.80. The Labute approximate surface area is 59.1 Å². The molecule has 0 bridgehead atoms. The number of carbonyl (C=O) groups excluding carboxylic acids is 1. The van der Waals surface area contributed by atoms with Gasteiger partial charge in [0.1, 0.15) is 0 Å².